The summed E-state index contributed by atoms with van der Waals surface area (Å²) in [7, 11) is 2.19. The molecule has 2 aromatic carbocycles. The largest absolute Gasteiger partial charge is 0.331 e. The monoisotopic (exact) mass is 405 g/mol. The molecule has 0 unspecified atom stereocenters. The number of anilines is 2. The van der Waals surface area contributed by atoms with Crippen molar-refractivity contribution in [2.45, 2.75) is 25.3 Å². The van der Waals surface area contributed by atoms with Gasteiger partial charge in [-0.2, -0.15) is 0 Å². The molecule has 26 heavy (non-hydrogen) atoms. The van der Waals surface area contributed by atoms with Gasteiger partial charge in [-0.15, -0.1) is 0 Å². The van der Waals surface area contributed by atoms with Crippen LogP contribution in [0.3, 0.4) is 0 Å². The van der Waals surface area contributed by atoms with Gasteiger partial charge < -0.3 is 15.1 Å². The lowest BCUT2D eigenvalue weighted by atomic mass is 9.89. The first-order valence-corrected chi connectivity index (χ1v) is 9.95. The fourth-order valence-electron chi connectivity index (χ4n) is 4.11. The van der Waals surface area contributed by atoms with Crippen LogP contribution in [0, 0.1) is 6.92 Å². The van der Waals surface area contributed by atoms with E-state index in [-0.39, 0.29) is 0 Å². The first-order chi connectivity index (χ1) is 12.4. The van der Waals surface area contributed by atoms with Gasteiger partial charge in [0.1, 0.15) is 0 Å². The van der Waals surface area contributed by atoms with Crippen molar-refractivity contribution in [3.63, 3.8) is 0 Å². The number of aryl methyl sites for hydroxylation is 1. The lowest BCUT2D eigenvalue weighted by Crippen LogP contribution is -2.48. The van der Waals surface area contributed by atoms with Crippen molar-refractivity contribution in [2.75, 3.05) is 30.4 Å². The highest BCUT2D eigenvalue weighted by atomic mass is 35.5. The molecule has 0 aromatic heterocycles. The number of thiocarbonyl (C=S) groups is 1. The van der Waals surface area contributed by atoms with E-state index in [2.05, 4.69) is 47.3 Å². The third-order valence-corrected chi connectivity index (χ3v) is 6.19. The van der Waals surface area contributed by atoms with E-state index in [4.69, 9.17) is 35.4 Å². The van der Waals surface area contributed by atoms with Gasteiger partial charge >= 0.3 is 0 Å². The first kappa shape index (κ1) is 18.1. The van der Waals surface area contributed by atoms with E-state index in [0.717, 1.165) is 25.2 Å². The SMILES string of the molecule is Cc1ccc2c(c1)[C@H]1CN(C)CC[C@@H]1N2C(=S)Nc1ccc(Cl)cc1Cl. The van der Waals surface area contributed by atoms with Gasteiger partial charge in [0.2, 0.25) is 0 Å². The summed E-state index contributed by atoms with van der Waals surface area (Å²) in [5.74, 6) is 0.476. The fourth-order valence-corrected chi connectivity index (χ4v) is 4.91. The maximum Gasteiger partial charge on any atom is 0.178 e. The molecular formula is C20H21Cl2N3S. The van der Waals surface area contributed by atoms with Gasteiger partial charge in [0.15, 0.2) is 5.11 Å². The van der Waals surface area contributed by atoms with Crippen LogP contribution >= 0.6 is 35.4 Å². The summed E-state index contributed by atoms with van der Waals surface area (Å²) >= 11 is 18.1. The summed E-state index contributed by atoms with van der Waals surface area (Å²) in [6, 6.07) is 12.5. The maximum atomic E-state index is 6.33. The van der Waals surface area contributed by atoms with Crippen molar-refractivity contribution >= 4 is 51.9 Å². The van der Waals surface area contributed by atoms with Gasteiger partial charge in [0.25, 0.3) is 0 Å². The fraction of sp³-hybridized carbons (Fsp3) is 0.350. The van der Waals surface area contributed by atoms with Gasteiger partial charge in [-0.05, 0) is 69.0 Å². The van der Waals surface area contributed by atoms with Crippen molar-refractivity contribution in [1.29, 1.82) is 0 Å². The zero-order valence-electron chi connectivity index (χ0n) is 14.8. The van der Waals surface area contributed by atoms with Crippen molar-refractivity contribution in [3.05, 3.63) is 57.6 Å². The van der Waals surface area contributed by atoms with Gasteiger partial charge in [-0.3, -0.25) is 0 Å². The van der Waals surface area contributed by atoms with E-state index < -0.39 is 0 Å². The third kappa shape index (κ3) is 3.20. The van der Waals surface area contributed by atoms with Crippen molar-refractivity contribution in [2.24, 2.45) is 0 Å². The molecule has 2 heterocycles. The minimum absolute atomic E-state index is 0.383. The summed E-state index contributed by atoms with van der Waals surface area (Å²) < 4.78 is 0. The number of hydrogen-bond acceptors (Lipinski definition) is 2. The molecule has 3 nitrogen and oxygen atoms in total. The van der Waals surface area contributed by atoms with E-state index in [1.54, 1.807) is 6.07 Å². The van der Waals surface area contributed by atoms with Crippen LogP contribution < -0.4 is 10.2 Å². The summed E-state index contributed by atoms with van der Waals surface area (Å²) in [6.45, 7) is 4.28. The number of rotatable bonds is 1. The second-order valence-corrected chi connectivity index (χ2v) is 8.44. The minimum atomic E-state index is 0.383. The molecule has 2 aromatic rings. The number of likely N-dealkylation sites (tertiary alicyclic amines) is 1. The molecule has 1 saturated heterocycles. The summed E-state index contributed by atoms with van der Waals surface area (Å²) in [6.07, 6.45) is 1.09. The molecule has 6 heteroatoms. The summed E-state index contributed by atoms with van der Waals surface area (Å²) in [4.78, 5) is 4.69. The molecule has 1 N–H and O–H groups in total. The number of fused-ring (bicyclic) bond motifs is 3. The Morgan fingerprint density at radius 1 is 1.19 bits per heavy atom. The number of halogens is 2. The van der Waals surface area contributed by atoms with Crippen LogP contribution in [-0.2, 0) is 0 Å². The molecule has 1 fully saturated rings. The molecule has 2 aliphatic rings. The van der Waals surface area contributed by atoms with Crippen LogP contribution in [0.2, 0.25) is 10.0 Å². The van der Waals surface area contributed by atoms with E-state index in [9.17, 15) is 0 Å². The Kier molecular flexibility index (Phi) is 4.86. The van der Waals surface area contributed by atoms with Crippen LogP contribution in [0.5, 0.6) is 0 Å². The molecule has 4 rings (SSSR count). The summed E-state index contributed by atoms with van der Waals surface area (Å²) in [5, 5.41) is 5.21. The molecule has 0 amide bonds. The zero-order chi connectivity index (χ0) is 18.4. The molecule has 0 radical (unpaired) electrons. The maximum absolute atomic E-state index is 6.33. The quantitative estimate of drug-likeness (QED) is 0.647. The van der Waals surface area contributed by atoms with Crippen molar-refractivity contribution in [3.8, 4) is 0 Å². The lowest BCUT2D eigenvalue weighted by molar-refractivity contribution is 0.237. The Balaban J connectivity index is 1.68. The van der Waals surface area contributed by atoms with Gasteiger partial charge in [0.05, 0.1) is 10.7 Å². The highest BCUT2D eigenvalue weighted by Gasteiger charge is 2.42. The average Bonchev–Trinajstić information content (AvgIpc) is 2.90. The molecule has 0 spiro atoms. The third-order valence-electron chi connectivity index (χ3n) is 5.34. The Labute approximate surface area is 169 Å². The second-order valence-electron chi connectivity index (χ2n) is 7.21. The Bertz CT molecular complexity index is 870. The zero-order valence-corrected chi connectivity index (χ0v) is 17.1. The molecule has 2 aliphatic heterocycles. The summed E-state index contributed by atoms with van der Waals surface area (Å²) in [5.41, 5.74) is 4.68. The Morgan fingerprint density at radius 2 is 2.00 bits per heavy atom. The van der Waals surface area contributed by atoms with E-state index in [1.165, 1.54) is 16.8 Å². The van der Waals surface area contributed by atoms with E-state index in [1.807, 2.05) is 12.1 Å². The highest BCUT2D eigenvalue weighted by molar-refractivity contribution is 7.80. The Hall–Kier alpha value is -1.33. The number of nitrogens with one attached hydrogen (secondary N) is 1. The van der Waals surface area contributed by atoms with Crippen molar-refractivity contribution < 1.29 is 0 Å². The normalized spacial score (nSPS) is 22.1. The van der Waals surface area contributed by atoms with Gasteiger partial charge in [0, 0.05) is 29.2 Å². The minimum Gasteiger partial charge on any atom is -0.331 e. The van der Waals surface area contributed by atoms with E-state index >= 15 is 0 Å². The predicted octanol–water partition coefficient (Wildman–Crippen LogP) is 5.31. The number of benzene rings is 2. The molecule has 0 bridgehead atoms. The molecule has 0 saturated carbocycles. The van der Waals surface area contributed by atoms with Crippen LogP contribution in [0.15, 0.2) is 36.4 Å². The molecule has 2 atom stereocenters. The van der Waals surface area contributed by atoms with E-state index in [0.29, 0.717) is 27.1 Å². The van der Waals surface area contributed by atoms with Crippen LogP contribution in [0.25, 0.3) is 0 Å². The number of piperidine rings is 1. The lowest BCUT2D eigenvalue weighted by Gasteiger charge is -2.37. The predicted molar refractivity (Wildman–Crippen MR) is 115 cm³/mol. The van der Waals surface area contributed by atoms with Gasteiger partial charge in [-0.25, -0.2) is 0 Å². The van der Waals surface area contributed by atoms with Crippen LogP contribution in [0.4, 0.5) is 11.4 Å². The van der Waals surface area contributed by atoms with Gasteiger partial charge in [-0.1, -0.05) is 40.9 Å². The average molecular weight is 406 g/mol. The topological polar surface area (TPSA) is 18.5 Å². The molecular weight excluding hydrogens is 385 g/mol. The first-order valence-electron chi connectivity index (χ1n) is 8.78. The number of nitrogens with zero attached hydrogens (tertiary/aromatic N) is 2. The van der Waals surface area contributed by atoms with Crippen molar-refractivity contribution in [1.82, 2.24) is 4.90 Å². The smallest absolute Gasteiger partial charge is 0.178 e. The molecule has 136 valence electrons. The Morgan fingerprint density at radius 3 is 2.77 bits per heavy atom. The number of likely N-dealkylation sites (N-methyl/N-ethyl adjacent to an activating group) is 1. The standard InChI is InChI=1S/C20H21Cl2N3S/c1-12-3-6-18-14(9-12)15-11-24(2)8-7-19(15)25(18)20(26)23-17-5-4-13(21)10-16(17)22/h3-6,9-10,15,19H,7-8,11H2,1-2H3,(H,23,26)/t15-,19+/m1/s1. The second kappa shape index (κ2) is 7.01. The molecule has 0 aliphatic carbocycles. The van der Waals surface area contributed by atoms with Crippen LogP contribution in [0.1, 0.15) is 23.5 Å². The number of hydrogen-bond donors (Lipinski definition) is 1. The highest BCUT2D eigenvalue weighted by Crippen LogP contribution is 2.45. The van der Waals surface area contributed by atoms with Crippen LogP contribution in [-0.4, -0.2) is 36.2 Å².